The molecule has 86 valence electrons. The third-order valence-corrected chi connectivity index (χ3v) is 2.89. The first-order chi connectivity index (χ1) is 8.00. The van der Waals surface area contributed by atoms with E-state index in [1.54, 1.807) is 0 Å². The highest BCUT2D eigenvalue weighted by molar-refractivity contribution is 5.64. The number of rotatable bonds is 1. The van der Waals surface area contributed by atoms with Crippen LogP contribution in [-0.2, 0) is 5.41 Å². The van der Waals surface area contributed by atoms with E-state index in [-0.39, 0.29) is 5.41 Å². The lowest BCUT2D eigenvalue weighted by Gasteiger charge is -2.19. The maximum absolute atomic E-state index is 8.77. The fourth-order valence-electron chi connectivity index (χ4n) is 1.79. The SMILES string of the molecule is CC(C)(C)c1ccc(-c2c[nH]c(C#N)c2)cc1. The van der Waals surface area contributed by atoms with Crippen molar-refractivity contribution in [3.63, 3.8) is 0 Å². The second kappa shape index (κ2) is 4.10. The maximum Gasteiger partial charge on any atom is 0.118 e. The zero-order valence-corrected chi connectivity index (χ0v) is 10.4. The zero-order valence-electron chi connectivity index (χ0n) is 10.4. The Labute approximate surface area is 102 Å². The number of nitriles is 1. The lowest BCUT2D eigenvalue weighted by Crippen LogP contribution is -2.10. The minimum Gasteiger partial charge on any atom is -0.353 e. The highest BCUT2D eigenvalue weighted by Crippen LogP contribution is 2.26. The molecule has 0 radical (unpaired) electrons. The molecule has 0 spiro atoms. The Kier molecular flexibility index (Phi) is 2.77. The molecule has 2 heteroatoms. The lowest BCUT2D eigenvalue weighted by molar-refractivity contribution is 0.590. The molecule has 0 unspecified atom stereocenters. The van der Waals surface area contributed by atoms with Gasteiger partial charge < -0.3 is 4.98 Å². The predicted molar refractivity (Wildman–Crippen MR) is 69.6 cm³/mol. The Hall–Kier alpha value is -2.01. The molecular weight excluding hydrogens is 208 g/mol. The highest BCUT2D eigenvalue weighted by Gasteiger charge is 2.13. The van der Waals surface area contributed by atoms with Gasteiger partial charge in [-0.25, -0.2) is 0 Å². The third-order valence-electron chi connectivity index (χ3n) is 2.89. The van der Waals surface area contributed by atoms with Gasteiger partial charge in [0.2, 0.25) is 0 Å². The molecule has 0 amide bonds. The molecule has 2 rings (SSSR count). The van der Waals surface area contributed by atoms with Crippen LogP contribution >= 0.6 is 0 Å². The van der Waals surface area contributed by atoms with Gasteiger partial charge in [-0.15, -0.1) is 0 Å². The average Bonchev–Trinajstić information content (AvgIpc) is 2.76. The summed E-state index contributed by atoms with van der Waals surface area (Å²) >= 11 is 0. The lowest BCUT2D eigenvalue weighted by atomic mass is 9.86. The Morgan fingerprint density at radius 1 is 1.06 bits per heavy atom. The van der Waals surface area contributed by atoms with E-state index >= 15 is 0 Å². The first-order valence-corrected chi connectivity index (χ1v) is 5.70. The minimum absolute atomic E-state index is 0.175. The van der Waals surface area contributed by atoms with E-state index in [2.05, 4.69) is 56.1 Å². The van der Waals surface area contributed by atoms with Gasteiger partial charge in [0.15, 0.2) is 0 Å². The summed E-state index contributed by atoms with van der Waals surface area (Å²) in [6, 6.07) is 12.5. The van der Waals surface area contributed by atoms with E-state index in [1.165, 1.54) is 5.56 Å². The van der Waals surface area contributed by atoms with E-state index < -0.39 is 0 Å². The molecule has 0 aliphatic rings. The van der Waals surface area contributed by atoms with Crippen LogP contribution in [0.2, 0.25) is 0 Å². The molecule has 17 heavy (non-hydrogen) atoms. The molecule has 0 saturated heterocycles. The Morgan fingerprint density at radius 3 is 2.18 bits per heavy atom. The normalized spacial score (nSPS) is 11.2. The second-order valence-corrected chi connectivity index (χ2v) is 5.24. The van der Waals surface area contributed by atoms with Crippen molar-refractivity contribution >= 4 is 0 Å². The molecule has 1 aromatic carbocycles. The summed E-state index contributed by atoms with van der Waals surface area (Å²) in [6.45, 7) is 6.60. The quantitative estimate of drug-likeness (QED) is 0.785. The van der Waals surface area contributed by atoms with Gasteiger partial charge in [-0.3, -0.25) is 0 Å². The van der Waals surface area contributed by atoms with Crippen LogP contribution in [0.5, 0.6) is 0 Å². The smallest absolute Gasteiger partial charge is 0.118 e. The molecule has 0 fully saturated rings. The second-order valence-electron chi connectivity index (χ2n) is 5.24. The monoisotopic (exact) mass is 224 g/mol. The standard InChI is InChI=1S/C15H16N2/c1-15(2,3)13-6-4-11(5-7-13)12-8-14(9-16)17-10-12/h4-8,10,17H,1-3H3. The van der Waals surface area contributed by atoms with Gasteiger partial charge in [-0.05, 0) is 22.6 Å². The first-order valence-electron chi connectivity index (χ1n) is 5.70. The summed E-state index contributed by atoms with van der Waals surface area (Å²) in [7, 11) is 0. The van der Waals surface area contributed by atoms with Crippen LogP contribution in [0.4, 0.5) is 0 Å². The predicted octanol–water partition coefficient (Wildman–Crippen LogP) is 3.85. The Bertz CT molecular complexity index is 548. The van der Waals surface area contributed by atoms with E-state index in [4.69, 9.17) is 5.26 Å². The van der Waals surface area contributed by atoms with Crippen molar-refractivity contribution in [1.82, 2.24) is 4.98 Å². The fourth-order valence-corrected chi connectivity index (χ4v) is 1.79. The summed E-state index contributed by atoms with van der Waals surface area (Å²) in [4.78, 5) is 2.94. The van der Waals surface area contributed by atoms with Gasteiger partial charge >= 0.3 is 0 Å². The fraction of sp³-hybridized carbons (Fsp3) is 0.267. The van der Waals surface area contributed by atoms with Crippen LogP contribution in [0.25, 0.3) is 11.1 Å². The van der Waals surface area contributed by atoms with Gasteiger partial charge in [0.05, 0.1) is 0 Å². The van der Waals surface area contributed by atoms with Gasteiger partial charge in [0.25, 0.3) is 0 Å². The molecular formula is C15H16N2. The van der Waals surface area contributed by atoms with Gasteiger partial charge in [-0.2, -0.15) is 5.26 Å². The van der Waals surface area contributed by atoms with Crippen molar-refractivity contribution in [2.75, 3.05) is 0 Å². The zero-order chi connectivity index (χ0) is 12.5. The molecule has 1 aromatic heterocycles. The van der Waals surface area contributed by atoms with Crippen molar-refractivity contribution in [2.45, 2.75) is 26.2 Å². The van der Waals surface area contributed by atoms with Crippen LogP contribution in [-0.4, -0.2) is 4.98 Å². The van der Waals surface area contributed by atoms with E-state index in [0.29, 0.717) is 5.69 Å². The number of nitrogens with zero attached hydrogens (tertiary/aromatic N) is 1. The molecule has 0 saturated carbocycles. The van der Waals surface area contributed by atoms with Gasteiger partial charge in [0.1, 0.15) is 11.8 Å². The highest BCUT2D eigenvalue weighted by atomic mass is 14.7. The topological polar surface area (TPSA) is 39.6 Å². The average molecular weight is 224 g/mol. The van der Waals surface area contributed by atoms with E-state index in [9.17, 15) is 0 Å². The first kappa shape index (κ1) is 11.5. The van der Waals surface area contributed by atoms with E-state index in [1.807, 2.05) is 12.3 Å². The molecule has 0 bridgehead atoms. The van der Waals surface area contributed by atoms with Crippen molar-refractivity contribution in [3.8, 4) is 17.2 Å². The largest absolute Gasteiger partial charge is 0.353 e. The number of aromatic nitrogens is 1. The molecule has 0 aliphatic heterocycles. The van der Waals surface area contributed by atoms with Crippen molar-refractivity contribution in [1.29, 1.82) is 5.26 Å². The number of nitrogens with one attached hydrogen (secondary N) is 1. The number of hydrogen-bond donors (Lipinski definition) is 1. The van der Waals surface area contributed by atoms with E-state index in [0.717, 1.165) is 11.1 Å². The van der Waals surface area contributed by atoms with Crippen molar-refractivity contribution < 1.29 is 0 Å². The minimum atomic E-state index is 0.175. The van der Waals surface area contributed by atoms with Crippen LogP contribution in [0, 0.1) is 11.3 Å². The van der Waals surface area contributed by atoms with Crippen molar-refractivity contribution in [3.05, 3.63) is 47.8 Å². The Morgan fingerprint density at radius 2 is 1.71 bits per heavy atom. The molecule has 1 heterocycles. The van der Waals surface area contributed by atoms with Crippen LogP contribution < -0.4 is 0 Å². The van der Waals surface area contributed by atoms with Gasteiger partial charge in [0, 0.05) is 11.8 Å². The number of hydrogen-bond acceptors (Lipinski definition) is 1. The van der Waals surface area contributed by atoms with Gasteiger partial charge in [-0.1, -0.05) is 45.0 Å². The number of benzene rings is 1. The molecule has 2 aromatic rings. The van der Waals surface area contributed by atoms with Crippen molar-refractivity contribution in [2.24, 2.45) is 0 Å². The molecule has 1 N–H and O–H groups in total. The summed E-state index contributed by atoms with van der Waals surface area (Å²) < 4.78 is 0. The summed E-state index contributed by atoms with van der Waals surface area (Å²) in [6.07, 6.45) is 1.87. The molecule has 0 atom stereocenters. The summed E-state index contributed by atoms with van der Waals surface area (Å²) in [5.74, 6) is 0. The van der Waals surface area contributed by atoms with Crippen LogP contribution in [0.15, 0.2) is 36.5 Å². The Balaban J connectivity index is 2.33. The molecule has 2 nitrogen and oxygen atoms in total. The number of H-pyrrole nitrogens is 1. The molecule has 0 aliphatic carbocycles. The summed E-state index contributed by atoms with van der Waals surface area (Å²) in [5.41, 5.74) is 4.28. The number of aromatic amines is 1. The summed E-state index contributed by atoms with van der Waals surface area (Å²) in [5, 5.41) is 8.77. The third kappa shape index (κ3) is 2.39. The van der Waals surface area contributed by atoms with Crippen LogP contribution in [0.3, 0.4) is 0 Å². The maximum atomic E-state index is 8.77. The van der Waals surface area contributed by atoms with Crippen LogP contribution in [0.1, 0.15) is 32.0 Å².